The Bertz CT molecular complexity index is 239. The first-order valence-electron chi connectivity index (χ1n) is 4.93. The van der Waals surface area contributed by atoms with Crippen LogP contribution < -0.4 is 0 Å². The average molecular weight is 180 g/mol. The molecule has 0 aliphatic carbocycles. The van der Waals surface area contributed by atoms with E-state index in [1.807, 2.05) is 18.7 Å². The van der Waals surface area contributed by atoms with Crippen LogP contribution in [-0.4, -0.2) is 22.8 Å². The second-order valence-electron chi connectivity index (χ2n) is 3.73. The minimum absolute atomic E-state index is 0.516. The molecule has 13 heavy (non-hydrogen) atoms. The van der Waals surface area contributed by atoms with Crippen molar-refractivity contribution in [3.63, 3.8) is 0 Å². The number of rotatable bonds is 2. The fourth-order valence-electron chi connectivity index (χ4n) is 1.90. The van der Waals surface area contributed by atoms with Crippen LogP contribution in [0.25, 0.3) is 0 Å². The van der Waals surface area contributed by atoms with Crippen LogP contribution in [0.1, 0.15) is 25.8 Å². The third-order valence-corrected chi connectivity index (χ3v) is 2.87. The van der Waals surface area contributed by atoms with Gasteiger partial charge in [-0.25, -0.2) is 4.98 Å². The molecule has 0 radical (unpaired) electrons. The first-order chi connectivity index (χ1) is 6.38. The molecule has 1 aromatic heterocycles. The molecule has 0 bridgehead atoms. The lowest BCUT2D eigenvalue weighted by atomic mass is 9.95. The molecule has 72 valence electrons. The minimum atomic E-state index is 0.516. The molecule has 0 aromatic carbocycles. The first kappa shape index (κ1) is 8.75. The van der Waals surface area contributed by atoms with E-state index in [1.54, 1.807) is 0 Å². The van der Waals surface area contributed by atoms with E-state index in [4.69, 9.17) is 4.74 Å². The van der Waals surface area contributed by atoms with Gasteiger partial charge >= 0.3 is 0 Å². The van der Waals surface area contributed by atoms with Crippen molar-refractivity contribution in [1.82, 2.24) is 9.55 Å². The molecule has 1 fully saturated rings. The number of ether oxygens (including phenoxy) is 1. The number of nitrogens with zero attached hydrogens (tertiary/aromatic N) is 2. The van der Waals surface area contributed by atoms with Crippen LogP contribution in [0.2, 0.25) is 0 Å². The highest BCUT2D eigenvalue weighted by molar-refractivity contribution is 4.82. The van der Waals surface area contributed by atoms with E-state index in [1.165, 1.54) is 12.8 Å². The molecule has 1 aliphatic rings. The van der Waals surface area contributed by atoms with E-state index < -0.39 is 0 Å². The van der Waals surface area contributed by atoms with Crippen molar-refractivity contribution < 1.29 is 4.74 Å². The molecule has 0 amide bonds. The fraction of sp³-hybridized carbons (Fsp3) is 0.700. The quantitative estimate of drug-likeness (QED) is 0.694. The Hall–Kier alpha value is -0.830. The predicted octanol–water partition coefficient (Wildman–Crippen LogP) is 1.87. The van der Waals surface area contributed by atoms with Crippen LogP contribution >= 0.6 is 0 Å². The molecule has 1 aromatic rings. The Morgan fingerprint density at radius 3 is 3.15 bits per heavy atom. The maximum absolute atomic E-state index is 5.47. The second-order valence-corrected chi connectivity index (χ2v) is 3.73. The number of aromatic nitrogens is 2. The van der Waals surface area contributed by atoms with Gasteiger partial charge in [0.05, 0.1) is 12.9 Å². The SMILES string of the molecule is CC(C1CCCOC1)n1ccnc1. The summed E-state index contributed by atoms with van der Waals surface area (Å²) in [4.78, 5) is 4.06. The molecule has 1 aliphatic heterocycles. The molecule has 0 N–H and O–H groups in total. The summed E-state index contributed by atoms with van der Waals surface area (Å²) in [5.74, 6) is 0.656. The Morgan fingerprint density at radius 2 is 2.54 bits per heavy atom. The van der Waals surface area contributed by atoms with E-state index >= 15 is 0 Å². The van der Waals surface area contributed by atoms with Gasteiger partial charge in [0.25, 0.3) is 0 Å². The third kappa shape index (κ3) is 1.91. The number of imidazole rings is 1. The van der Waals surface area contributed by atoms with Crippen LogP contribution in [-0.2, 0) is 4.74 Å². The van der Waals surface area contributed by atoms with Crippen molar-refractivity contribution in [2.24, 2.45) is 5.92 Å². The Morgan fingerprint density at radius 1 is 1.62 bits per heavy atom. The summed E-state index contributed by atoms with van der Waals surface area (Å²) in [6.07, 6.45) is 8.22. The Kier molecular flexibility index (Phi) is 2.64. The molecular weight excluding hydrogens is 164 g/mol. The van der Waals surface area contributed by atoms with Crippen molar-refractivity contribution in [2.75, 3.05) is 13.2 Å². The maximum atomic E-state index is 5.47. The van der Waals surface area contributed by atoms with Crippen LogP contribution in [0.5, 0.6) is 0 Å². The van der Waals surface area contributed by atoms with Crippen molar-refractivity contribution in [2.45, 2.75) is 25.8 Å². The zero-order chi connectivity index (χ0) is 9.10. The molecule has 1 saturated heterocycles. The van der Waals surface area contributed by atoms with Gasteiger partial charge in [-0.2, -0.15) is 0 Å². The van der Waals surface area contributed by atoms with Gasteiger partial charge in [0, 0.05) is 31.0 Å². The summed E-state index contributed by atoms with van der Waals surface area (Å²) in [5, 5.41) is 0. The lowest BCUT2D eigenvalue weighted by Gasteiger charge is -2.28. The Labute approximate surface area is 78.7 Å². The van der Waals surface area contributed by atoms with E-state index in [-0.39, 0.29) is 0 Å². The zero-order valence-corrected chi connectivity index (χ0v) is 8.02. The van der Waals surface area contributed by atoms with Gasteiger partial charge in [-0.15, -0.1) is 0 Å². The van der Waals surface area contributed by atoms with Gasteiger partial charge in [-0.1, -0.05) is 0 Å². The molecule has 3 nitrogen and oxygen atoms in total. The largest absolute Gasteiger partial charge is 0.381 e. The molecule has 0 spiro atoms. The summed E-state index contributed by atoms with van der Waals surface area (Å²) < 4.78 is 7.63. The van der Waals surface area contributed by atoms with E-state index in [0.717, 1.165) is 13.2 Å². The van der Waals surface area contributed by atoms with E-state index in [0.29, 0.717) is 12.0 Å². The molecule has 3 heteroatoms. The summed E-state index contributed by atoms with van der Waals surface area (Å²) in [6, 6.07) is 0.516. The van der Waals surface area contributed by atoms with Gasteiger partial charge in [0.15, 0.2) is 0 Å². The van der Waals surface area contributed by atoms with E-state index in [9.17, 15) is 0 Å². The van der Waals surface area contributed by atoms with Gasteiger partial charge in [0.2, 0.25) is 0 Å². The second kappa shape index (κ2) is 3.92. The van der Waals surface area contributed by atoms with Crippen LogP contribution in [0.3, 0.4) is 0 Å². The summed E-state index contributed by atoms with van der Waals surface area (Å²) in [6.45, 7) is 4.08. The van der Waals surface area contributed by atoms with Crippen LogP contribution in [0.15, 0.2) is 18.7 Å². The molecule has 2 atom stereocenters. The predicted molar refractivity (Wildman–Crippen MR) is 50.5 cm³/mol. The van der Waals surface area contributed by atoms with Crippen LogP contribution in [0, 0.1) is 5.92 Å². The third-order valence-electron chi connectivity index (χ3n) is 2.87. The lowest BCUT2D eigenvalue weighted by molar-refractivity contribution is 0.0363. The molecule has 2 rings (SSSR count). The highest BCUT2D eigenvalue weighted by Gasteiger charge is 2.21. The van der Waals surface area contributed by atoms with Gasteiger partial charge in [-0.05, 0) is 19.8 Å². The first-order valence-corrected chi connectivity index (χ1v) is 4.93. The highest BCUT2D eigenvalue weighted by Crippen LogP contribution is 2.25. The minimum Gasteiger partial charge on any atom is -0.381 e. The fourth-order valence-corrected chi connectivity index (χ4v) is 1.90. The Balaban J connectivity index is 1.99. The number of hydrogen-bond donors (Lipinski definition) is 0. The van der Waals surface area contributed by atoms with Crippen molar-refractivity contribution >= 4 is 0 Å². The highest BCUT2D eigenvalue weighted by atomic mass is 16.5. The molecular formula is C10H16N2O. The summed E-state index contributed by atoms with van der Waals surface area (Å²) in [5.41, 5.74) is 0. The summed E-state index contributed by atoms with van der Waals surface area (Å²) >= 11 is 0. The molecule has 2 unspecified atom stereocenters. The maximum Gasteiger partial charge on any atom is 0.0948 e. The standard InChI is InChI=1S/C10H16N2O/c1-9(12-5-4-11-8-12)10-3-2-6-13-7-10/h4-5,8-10H,2-3,6-7H2,1H3. The van der Waals surface area contributed by atoms with Crippen molar-refractivity contribution in [3.8, 4) is 0 Å². The van der Waals surface area contributed by atoms with Crippen LogP contribution in [0.4, 0.5) is 0 Å². The topological polar surface area (TPSA) is 27.1 Å². The van der Waals surface area contributed by atoms with Crippen molar-refractivity contribution in [3.05, 3.63) is 18.7 Å². The van der Waals surface area contributed by atoms with E-state index in [2.05, 4.69) is 16.5 Å². The monoisotopic (exact) mass is 180 g/mol. The summed E-state index contributed by atoms with van der Waals surface area (Å²) in [7, 11) is 0. The normalized spacial score (nSPS) is 25.8. The number of hydrogen-bond acceptors (Lipinski definition) is 2. The average Bonchev–Trinajstić information content (AvgIpc) is 2.71. The molecule has 2 heterocycles. The smallest absolute Gasteiger partial charge is 0.0948 e. The van der Waals surface area contributed by atoms with Gasteiger partial charge in [-0.3, -0.25) is 0 Å². The van der Waals surface area contributed by atoms with Gasteiger partial charge < -0.3 is 9.30 Å². The lowest BCUT2D eigenvalue weighted by Crippen LogP contribution is -2.25. The van der Waals surface area contributed by atoms with Gasteiger partial charge in [0.1, 0.15) is 0 Å². The zero-order valence-electron chi connectivity index (χ0n) is 8.02. The molecule has 0 saturated carbocycles. The van der Waals surface area contributed by atoms with Crippen molar-refractivity contribution in [1.29, 1.82) is 0 Å².